The van der Waals surface area contributed by atoms with Crippen LogP contribution in [0.4, 0.5) is 0 Å². The summed E-state index contributed by atoms with van der Waals surface area (Å²) >= 11 is 0. The summed E-state index contributed by atoms with van der Waals surface area (Å²) in [6, 6.07) is 6.00. The Labute approximate surface area is 97.8 Å². The lowest BCUT2D eigenvalue weighted by Crippen LogP contribution is -2.07. The fourth-order valence-electron chi connectivity index (χ4n) is 1.47. The number of hydrogen-bond donors (Lipinski definition) is 1. The summed E-state index contributed by atoms with van der Waals surface area (Å²) in [5.41, 5.74) is 1.16. The molecule has 0 saturated heterocycles. The molecule has 0 bridgehead atoms. The monoisotopic (exact) mass is 223 g/mol. The second-order valence-corrected chi connectivity index (χ2v) is 3.58. The van der Waals surface area contributed by atoms with Crippen LogP contribution in [-0.4, -0.2) is 20.3 Å². The third kappa shape index (κ3) is 3.74. The predicted octanol–water partition coefficient (Wildman–Crippen LogP) is 2.59. The van der Waals surface area contributed by atoms with Gasteiger partial charge in [0.15, 0.2) is 0 Å². The number of benzene rings is 1. The zero-order valence-electron chi connectivity index (χ0n) is 10.4. The van der Waals surface area contributed by atoms with Crippen molar-refractivity contribution in [3.63, 3.8) is 0 Å². The molecule has 0 atom stereocenters. The van der Waals surface area contributed by atoms with Gasteiger partial charge in [0.25, 0.3) is 0 Å². The third-order valence-corrected chi connectivity index (χ3v) is 2.18. The van der Waals surface area contributed by atoms with Crippen LogP contribution in [0, 0.1) is 0 Å². The molecule has 3 nitrogen and oxygen atoms in total. The van der Waals surface area contributed by atoms with Crippen molar-refractivity contribution >= 4 is 0 Å². The average Bonchev–Trinajstić information content (AvgIpc) is 2.30. The van der Waals surface area contributed by atoms with Crippen LogP contribution in [0.15, 0.2) is 18.2 Å². The van der Waals surface area contributed by atoms with Gasteiger partial charge in [-0.2, -0.15) is 0 Å². The Morgan fingerprint density at radius 3 is 2.62 bits per heavy atom. The van der Waals surface area contributed by atoms with Gasteiger partial charge in [-0.05, 0) is 26.5 Å². The van der Waals surface area contributed by atoms with Gasteiger partial charge in [-0.25, -0.2) is 0 Å². The molecule has 1 N–H and O–H groups in total. The molecule has 0 aliphatic carbocycles. The summed E-state index contributed by atoms with van der Waals surface area (Å²) in [5.74, 6) is 1.79. The van der Waals surface area contributed by atoms with Gasteiger partial charge in [0.05, 0.1) is 13.2 Å². The molecule has 3 heteroatoms. The molecule has 0 aromatic heterocycles. The minimum absolute atomic E-state index is 0.675. The molecule has 16 heavy (non-hydrogen) atoms. The lowest BCUT2D eigenvalue weighted by Gasteiger charge is -2.12. The van der Waals surface area contributed by atoms with E-state index in [0.717, 1.165) is 36.6 Å². The van der Waals surface area contributed by atoms with Gasteiger partial charge in [0.1, 0.15) is 11.5 Å². The van der Waals surface area contributed by atoms with Crippen LogP contribution in [-0.2, 0) is 6.54 Å². The summed E-state index contributed by atoms with van der Waals surface area (Å²) in [7, 11) is 1.93. The maximum absolute atomic E-state index is 5.59. The van der Waals surface area contributed by atoms with Gasteiger partial charge >= 0.3 is 0 Å². The van der Waals surface area contributed by atoms with Crippen molar-refractivity contribution in [2.75, 3.05) is 20.3 Å². The molecule has 0 radical (unpaired) electrons. The van der Waals surface area contributed by atoms with Crippen LogP contribution in [0.2, 0.25) is 0 Å². The average molecular weight is 223 g/mol. The minimum Gasteiger partial charge on any atom is -0.493 e. The summed E-state index contributed by atoms with van der Waals surface area (Å²) < 4.78 is 11.2. The number of rotatable bonds is 7. The van der Waals surface area contributed by atoms with Gasteiger partial charge < -0.3 is 14.8 Å². The first kappa shape index (κ1) is 12.8. The van der Waals surface area contributed by atoms with E-state index in [0.29, 0.717) is 6.61 Å². The molecule has 0 heterocycles. The van der Waals surface area contributed by atoms with Crippen molar-refractivity contribution in [1.82, 2.24) is 5.32 Å². The van der Waals surface area contributed by atoms with Gasteiger partial charge in [0.2, 0.25) is 0 Å². The Hall–Kier alpha value is -1.22. The van der Waals surface area contributed by atoms with E-state index >= 15 is 0 Å². The quantitative estimate of drug-likeness (QED) is 0.770. The number of nitrogens with one attached hydrogen (secondary N) is 1. The van der Waals surface area contributed by atoms with E-state index in [-0.39, 0.29) is 0 Å². The van der Waals surface area contributed by atoms with E-state index in [4.69, 9.17) is 9.47 Å². The molecular weight excluding hydrogens is 202 g/mol. The highest BCUT2D eigenvalue weighted by Gasteiger charge is 2.04. The zero-order valence-corrected chi connectivity index (χ0v) is 10.4. The Balaban J connectivity index is 2.79. The first-order valence-corrected chi connectivity index (χ1v) is 5.84. The summed E-state index contributed by atoms with van der Waals surface area (Å²) in [6.45, 7) is 6.32. The normalized spacial score (nSPS) is 10.2. The highest BCUT2D eigenvalue weighted by molar-refractivity contribution is 5.40. The molecule has 0 unspecified atom stereocenters. The predicted molar refractivity (Wildman–Crippen MR) is 66.2 cm³/mol. The number of ether oxygens (including phenoxy) is 2. The van der Waals surface area contributed by atoms with Crippen molar-refractivity contribution in [3.05, 3.63) is 23.8 Å². The molecule has 0 spiro atoms. The van der Waals surface area contributed by atoms with Gasteiger partial charge in [-0.1, -0.05) is 13.0 Å². The number of hydrogen-bond acceptors (Lipinski definition) is 3. The minimum atomic E-state index is 0.675. The van der Waals surface area contributed by atoms with Crippen LogP contribution >= 0.6 is 0 Å². The maximum Gasteiger partial charge on any atom is 0.127 e. The first-order chi connectivity index (χ1) is 7.81. The fraction of sp³-hybridized carbons (Fsp3) is 0.538. The fourth-order valence-corrected chi connectivity index (χ4v) is 1.47. The molecule has 0 saturated carbocycles. The smallest absolute Gasteiger partial charge is 0.127 e. The Kier molecular flexibility index (Phi) is 5.72. The molecule has 0 amide bonds. The van der Waals surface area contributed by atoms with Crippen LogP contribution in [0.5, 0.6) is 11.5 Å². The molecule has 0 aliphatic rings. The van der Waals surface area contributed by atoms with Gasteiger partial charge in [0, 0.05) is 18.2 Å². The Morgan fingerprint density at radius 2 is 2.00 bits per heavy atom. The van der Waals surface area contributed by atoms with E-state index in [1.54, 1.807) is 0 Å². The van der Waals surface area contributed by atoms with Crippen molar-refractivity contribution < 1.29 is 9.47 Å². The van der Waals surface area contributed by atoms with Gasteiger partial charge in [-0.3, -0.25) is 0 Å². The van der Waals surface area contributed by atoms with E-state index in [9.17, 15) is 0 Å². The Morgan fingerprint density at radius 1 is 1.19 bits per heavy atom. The highest BCUT2D eigenvalue weighted by atomic mass is 16.5. The zero-order chi connectivity index (χ0) is 11.8. The van der Waals surface area contributed by atoms with E-state index in [1.165, 1.54) is 0 Å². The largest absolute Gasteiger partial charge is 0.493 e. The summed E-state index contributed by atoms with van der Waals surface area (Å²) in [6.07, 6.45) is 1.02. The van der Waals surface area contributed by atoms with E-state index in [2.05, 4.69) is 12.2 Å². The second kappa shape index (κ2) is 7.12. The van der Waals surface area contributed by atoms with Crippen molar-refractivity contribution in [3.8, 4) is 11.5 Å². The molecule has 0 aliphatic heterocycles. The molecular formula is C13H21NO2. The topological polar surface area (TPSA) is 30.5 Å². The standard InChI is InChI=1S/C13H21NO2/c1-4-8-16-12-7-6-11(10-14-3)13(9-12)15-5-2/h6-7,9,14H,4-5,8,10H2,1-3H3. The van der Waals surface area contributed by atoms with Crippen molar-refractivity contribution in [2.45, 2.75) is 26.8 Å². The third-order valence-electron chi connectivity index (χ3n) is 2.18. The van der Waals surface area contributed by atoms with E-state index in [1.807, 2.05) is 32.2 Å². The highest BCUT2D eigenvalue weighted by Crippen LogP contribution is 2.25. The van der Waals surface area contributed by atoms with Crippen LogP contribution in [0.1, 0.15) is 25.8 Å². The molecule has 1 aromatic carbocycles. The Bertz CT molecular complexity index is 313. The summed E-state index contributed by atoms with van der Waals surface area (Å²) in [5, 5.41) is 3.12. The second-order valence-electron chi connectivity index (χ2n) is 3.58. The van der Waals surface area contributed by atoms with Crippen LogP contribution in [0.25, 0.3) is 0 Å². The molecule has 90 valence electrons. The SMILES string of the molecule is CCCOc1ccc(CNC)c(OCC)c1. The first-order valence-electron chi connectivity index (χ1n) is 5.84. The van der Waals surface area contributed by atoms with Crippen LogP contribution < -0.4 is 14.8 Å². The maximum atomic E-state index is 5.59. The van der Waals surface area contributed by atoms with Gasteiger partial charge in [-0.15, -0.1) is 0 Å². The molecule has 0 fully saturated rings. The molecule has 1 aromatic rings. The van der Waals surface area contributed by atoms with Crippen molar-refractivity contribution in [2.24, 2.45) is 0 Å². The van der Waals surface area contributed by atoms with E-state index < -0.39 is 0 Å². The van der Waals surface area contributed by atoms with Crippen molar-refractivity contribution in [1.29, 1.82) is 0 Å². The summed E-state index contributed by atoms with van der Waals surface area (Å²) in [4.78, 5) is 0. The molecule has 1 rings (SSSR count). The lowest BCUT2D eigenvalue weighted by molar-refractivity contribution is 0.307. The van der Waals surface area contributed by atoms with Crippen LogP contribution in [0.3, 0.4) is 0 Å². The lowest BCUT2D eigenvalue weighted by atomic mass is 10.2.